The summed E-state index contributed by atoms with van der Waals surface area (Å²) in [5, 5.41) is 2.65. The Bertz CT molecular complexity index is 368. The molecule has 0 fully saturated rings. The van der Waals surface area contributed by atoms with Crippen molar-refractivity contribution in [3.8, 4) is 0 Å². The Kier molecular flexibility index (Phi) is 8.15. The monoisotopic (exact) mass is 295 g/mol. The normalized spacial score (nSPS) is 12.4. The van der Waals surface area contributed by atoms with Gasteiger partial charge in [-0.25, -0.2) is 0 Å². The van der Waals surface area contributed by atoms with E-state index in [-0.39, 0.29) is 18.6 Å². The molecule has 0 saturated heterocycles. The van der Waals surface area contributed by atoms with Gasteiger partial charge < -0.3 is 10.1 Å². The fourth-order valence-electron chi connectivity index (χ4n) is 1.24. The molecule has 0 aliphatic carbocycles. The Hall–Kier alpha value is -0.700. The highest BCUT2D eigenvalue weighted by Gasteiger charge is 2.22. The number of nitrogens with zero attached hydrogens (tertiary/aromatic N) is 2. The molecule has 0 unspecified atom stereocenters. The van der Waals surface area contributed by atoms with Crippen molar-refractivity contribution in [1.82, 2.24) is 13.9 Å². The van der Waals surface area contributed by atoms with Gasteiger partial charge in [0.1, 0.15) is 0 Å². The Morgan fingerprint density at radius 1 is 1.26 bits per heavy atom. The minimum absolute atomic E-state index is 0.173. The summed E-state index contributed by atoms with van der Waals surface area (Å²) in [6, 6.07) is 0. The van der Waals surface area contributed by atoms with Crippen LogP contribution in [-0.4, -0.2) is 69.9 Å². The van der Waals surface area contributed by atoms with E-state index in [0.717, 1.165) is 8.61 Å². The molecule has 114 valence electrons. The van der Waals surface area contributed by atoms with Gasteiger partial charge in [0, 0.05) is 34.3 Å². The van der Waals surface area contributed by atoms with Gasteiger partial charge in [0.25, 0.3) is 10.2 Å². The Labute approximate surface area is 116 Å². The van der Waals surface area contributed by atoms with E-state index in [1.165, 1.54) is 21.1 Å². The number of hydrogen-bond acceptors (Lipinski definition) is 4. The molecular weight excluding hydrogens is 270 g/mol. The number of carbonyl (C=O) groups is 1. The van der Waals surface area contributed by atoms with Crippen molar-refractivity contribution in [2.75, 3.05) is 40.8 Å². The largest absolute Gasteiger partial charge is 0.379 e. The van der Waals surface area contributed by atoms with Gasteiger partial charge in [0.15, 0.2) is 0 Å². The zero-order valence-electron chi connectivity index (χ0n) is 12.3. The maximum absolute atomic E-state index is 11.7. The molecule has 1 amide bonds. The van der Waals surface area contributed by atoms with Crippen LogP contribution in [0.15, 0.2) is 0 Å². The fourth-order valence-corrected chi connectivity index (χ4v) is 2.08. The van der Waals surface area contributed by atoms with E-state index < -0.39 is 10.2 Å². The molecule has 0 bridgehead atoms. The maximum Gasteiger partial charge on any atom is 0.281 e. The average Bonchev–Trinajstić information content (AvgIpc) is 2.27. The highest BCUT2D eigenvalue weighted by molar-refractivity contribution is 7.86. The van der Waals surface area contributed by atoms with Crippen LogP contribution in [0.3, 0.4) is 0 Å². The maximum atomic E-state index is 11.7. The smallest absolute Gasteiger partial charge is 0.281 e. The molecule has 0 radical (unpaired) electrons. The Morgan fingerprint density at radius 2 is 1.84 bits per heavy atom. The first-order valence-corrected chi connectivity index (χ1v) is 7.59. The lowest BCUT2D eigenvalue weighted by atomic mass is 10.4. The second kappa shape index (κ2) is 8.47. The van der Waals surface area contributed by atoms with Gasteiger partial charge in [-0.05, 0) is 20.3 Å². The molecule has 0 aromatic heterocycles. The van der Waals surface area contributed by atoms with Gasteiger partial charge in [-0.3, -0.25) is 4.79 Å². The number of hydrogen-bond donors (Lipinski definition) is 1. The van der Waals surface area contributed by atoms with E-state index in [9.17, 15) is 13.2 Å². The predicted molar refractivity (Wildman–Crippen MR) is 74.0 cm³/mol. The lowest BCUT2D eigenvalue weighted by Gasteiger charge is -2.20. The minimum Gasteiger partial charge on any atom is -0.379 e. The third-order valence-electron chi connectivity index (χ3n) is 2.32. The third-order valence-corrected chi connectivity index (χ3v) is 4.16. The van der Waals surface area contributed by atoms with E-state index in [0.29, 0.717) is 19.6 Å². The van der Waals surface area contributed by atoms with E-state index >= 15 is 0 Å². The zero-order valence-corrected chi connectivity index (χ0v) is 13.2. The average molecular weight is 295 g/mol. The number of carbonyl (C=O) groups excluding carboxylic acids is 1. The molecule has 0 atom stereocenters. The number of ether oxygens (including phenoxy) is 1. The molecule has 8 heteroatoms. The van der Waals surface area contributed by atoms with Crippen molar-refractivity contribution in [3.63, 3.8) is 0 Å². The number of amides is 1. The first-order chi connectivity index (χ1) is 8.67. The molecule has 0 aliphatic heterocycles. The number of likely N-dealkylation sites (N-methyl/N-ethyl adjacent to an activating group) is 1. The molecule has 0 spiro atoms. The molecule has 7 nitrogen and oxygen atoms in total. The molecular formula is C11H25N3O4S. The standard InChI is InChI=1S/C11H25N3O4S/c1-10(2)18-8-6-7-12-11(15)9-14(5)19(16,17)13(3)4/h10H,6-9H2,1-5H3,(H,12,15). The second-order valence-corrected chi connectivity index (χ2v) is 6.92. The number of rotatable bonds is 9. The lowest BCUT2D eigenvalue weighted by Crippen LogP contribution is -2.43. The summed E-state index contributed by atoms with van der Waals surface area (Å²) in [5.74, 6) is -0.322. The third kappa shape index (κ3) is 7.46. The van der Waals surface area contributed by atoms with E-state index in [2.05, 4.69) is 5.32 Å². The SMILES string of the molecule is CC(C)OCCCNC(=O)CN(C)S(=O)(=O)N(C)C. The molecule has 19 heavy (non-hydrogen) atoms. The number of nitrogens with one attached hydrogen (secondary N) is 1. The van der Waals surface area contributed by atoms with Crippen molar-refractivity contribution in [2.45, 2.75) is 26.4 Å². The Balaban J connectivity index is 3.93. The van der Waals surface area contributed by atoms with Gasteiger partial charge in [-0.2, -0.15) is 17.0 Å². The topological polar surface area (TPSA) is 79.0 Å². The van der Waals surface area contributed by atoms with Crippen molar-refractivity contribution < 1.29 is 17.9 Å². The summed E-state index contributed by atoms with van der Waals surface area (Å²) in [6.07, 6.45) is 0.876. The van der Waals surface area contributed by atoms with Gasteiger partial charge in [0.2, 0.25) is 5.91 Å². The first kappa shape index (κ1) is 18.3. The summed E-state index contributed by atoms with van der Waals surface area (Å²) < 4.78 is 30.7. The van der Waals surface area contributed by atoms with Crippen molar-refractivity contribution in [2.24, 2.45) is 0 Å². The Morgan fingerprint density at radius 3 is 2.32 bits per heavy atom. The first-order valence-electron chi connectivity index (χ1n) is 6.20. The van der Waals surface area contributed by atoms with Gasteiger partial charge >= 0.3 is 0 Å². The van der Waals surface area contributed by atoms with Gasteiger partial charge in [-0.15, -0.1) is 0 Å². The van der Waals surface area contributed by atoms with Crippen LogP contribution in [0.1, 0.15) is 20.3 Å². The highest BCUT2D eigenvalue weighted by Crippen LogP contribution is 1.99. The van der Waals surface area contributed by atoms with Crippen LogP contribution in [0.2, 0.25) is 0 Å². The molecule has 0 aliphatic rings. The minimum atomic E-state index is -3.54. The van der Waals surface area contributed by atoms with Gasteiger partial charge in [-0.1, -0.05) is 0 Å². The summed E-state index contributed by atoms with van der Waals surface area (Å²) in [4.78, 5) is 11.5. The molecule has 0 rings (SSSR count). The van der Waals surface area contributed by atoms with Crippen LogP contribution < -0.4 is 5.32 Å². The van der Waals surface area contributed by atoms with Crippen LogP contribution in [0.25, 0.3) is 0 Å². The van der Waals surface area contributed by atoms with Crippen LogP contribution in [0, 0.1) is 0 Å². The summed E-state index contributed by atoms with van der Waals surface area (Å²) in [5.41, 5.74) is 0. The van der Waals surface area contributed by atoms with E-state index in [4.69, 9.17) is 4.74 Å². The molecule has 0 aromatic carbocycles. The molecule has 0 saturated carbocycles. The van der Waals surface area contributed by atoms with Crippen LogP contribution in [0.5, 0.6) is 0 Å². The van der Waals surface area contributed by atoms with E-state index in [1.54, 1.807) is 0 Å². The van der Waals surface area contributed by atoms with Gasteiger partial charge in [0.05, 0.1) is 12.6 Å². The summed E-state index contributed by atoms with van der Waals surface area (Å²) in [6.45, 7) is 4.75. The summed E-state index contributed by atoms with van der Waals surface area (Å²) in [7, 11) is 0.682. The van der Waals surface area contributed by atoms with Crippen molar-refractivity contribution >= 4 is 16.1 Å². The van der Waals surface area contributed by atoms with Crippen molar-refractivity contribution in [1.29, 1.82) is 0 Å². The van der Waals surface area contributed by atoms with Crippen molar-refractivity contribution in [3.05, 3.63) is 0 Å². The molecule has 0 aromatic rings. The quantitative estimate of drug-likeness (QED) is 0.590. The highest BCUT2D eigenvalue weighted by atomic mass is 32.2. The van der Waals surface area contributed by atoms with E-state index in [1.807, 2.05) is 13.8 Å². The fraction of sp³-hybridized carbons (Fsp3) is 0.909. The second-order valence-electron chi connectivity index (χ2n) is 4.67. The van der Waals surface area contributed by atoms with Crippen LogP contribution in [0.4, 0.5) is 0 Å². The lowest BCUT2D eigenvalue weighted by molar-refractivity contribution is -0.121. The van der Waals surface area contributed by atoms with Crippen LogP contribution in [-0.2, 0) is 19.7 Å². The molecule has 0 heterocycles. The predicted octanol–water partition coefficient (Wildman–Crippen LogP) is -0.344. The van der Waals surface area contributed by atoms with Crippen LogP contribution >= 0.6 is 0 Å². The molecule has 1 N–H and O–H groups in total. The zero-order chi connectivity index (χ0) is 15.1. The summed E-state index contributed by atoms with van der Waals surface area (Å²) >= 11 is 0.